The van der Waals surface area contributed by atoms with Gasteiger partial charge in [-0.1, -0.05) is 0 Å². The zero-order chi connectivity index (χ0) is 17.3. The van der Waals surface area contributed by atoms with Crippen molar-refractivity contribution in [1.29, 1.82) is 0 Å². The lowest BCUT2D eigenvalue weighted by molar-refractivity contribution is 0.00578. The molecule has 1 heterocycles. The molecule has 1 aliphatic rings. The highest BCUT2D eigenvalue weighted by Gasteiger charge is 2.52. The lowest BCUT2D eigenvalue weighted by atomic mass is 9.79. The number of carbonyl (C=O) groups is 1. The van der Waals surface area contributed by atoms with Gasteiger partial charge in [-0.2, -0.15) is 0 Å². The minimum Gasteiger partial charge on any atom is -0.444 e. The first kappa shape index (κ1) is 19.0. The Hall–Kier alpha value is -1.01. The van der Waals surface area contributed by atoms with Crippen molar-refractivity contribution >= 4 is 13.2 Å². The van der Waals surface area contributed by atoms with E-state index in [1.54, 1.807) is 4.90 Å². The van der Waals surface area contributed by atoms with Crippen LogP contribution < -0.4 is 0 Å². The molecule has 1 saturated heterocycles. The summed E-state index contributed by atoms with van der Waals surface area (Å²) < 4.78 is 17.3. The van der Waals surface area contributed by atoms with Crippen molar-refractivity contribution in [2.45, 2.75) is 72.2 Å². The molecule has 0 radical (unpaired) electrons. The zero-order valence-corrected chi connectivity index (χ0v) is 15.3. The molecule has 0 aliphatic carbocycles. The Labute approximate surface area is 135 Å². The maximum absolute atomic E-state index is 12.2. The van der Waals surface area contributed by atoms with E-state index in [-0.39, 0.29) is 6.09 Å². The highest BCUT2D eigenvalue weighted by atomic mass is 16.7. The molecule has 0 bridgehead atoms. The average Bonchev–Trinajstić information content (AvgIpc) is 2.52. The number of amides is 1. The number of carbonyl (C=O) groups excluding carboxylic acids is 1. The Balaban J connectivity index is 2.69. The molecule has 0 aromatic heterocycles. The van der Waals surface area contributed by atoms with Crippen LogP contribution in [0.25, 0.3) is 0 Å². The summed E-state index contributed by atoms with van der Waals surface area (Å²) in [6, 6.07) is 0. The summed E-state index contributed by atoms with van der Waals surface area (Å²) in [5.41, 5.74) is -0.630. The van der Waals surface area contributed by atoms with Crippen LogP contribution in [0.2, 0.25) is 0 Å². The third-order valence-corrected chi connectivity index (χ3v) is 4.01. The topological polar surface area (TPSA) is 48.0 Å². The molecule has 1 aliphatic heterocycles. The van der Waals surface area contributed by atoms with E-state index in [1.807, 2.05) is 55.4 Å². The van der Waals surface area contributed by atoms with E-state index in [9.17, 15) is 4.79 Å². The summed E-state index contributed by atoms with van der Waals surface area (Å²) in [5, 5.41) is 0. The van der Waals surface area contributed by atoms with Crippen molar-refractivity contribution in [2.24, 2.45) is 0 Å². The molecule has 0 saturated carbocycles. The number of hydrogen-bond acceptors (Lipinski definition) is 4. The van der Waals surface area contributed by atoms with Crippen LogP contribution >= 0.6 is 0 Å². The second-order valence-electron chi connectivity index (χ2n) is 7.74. The molecule has 126 valence electrons. The summed E-state index contributed by atoms with van der Waals surface area (Å²) >= 11 is 0. The number of nitrogens with zero attached hydrogens (tertiary/aromatic N) is 1. The van der Waals surface area contributed by atoms with Gasteiger partial charge in [0.05, 0.1) is 11.2 Å². The third-order valence-electron chi connectivity index (χ3n) is 4.01. The fourth-order valence-electron chi connectivity index (χ4n) is 1.96. The van der Waals surface area contributed by atoms with Gasteiger partial charge in [-0.25, -0.2) is 4.79 Å². The molecule has 0 aromatic rings. The number of likely N-dealkylation sites (N-methyl/N-ethyl adjacent to an activating group) is 1. The Morgan fingerprint density at radius 3 is 2.00 bits per heavy atom. The van der Waals surface area contributed by atoms with E-state index in [0.29, 0.717) is 18.6 Å². The van der Waals surface area contributed by atoms with Crippen LogP contribution in [0.5, 0.6) is 0 Å². The van der Waals surface area contributed by atoms with Gasteiger partial charge >= 0.3 is 13.2 Å². The van der Waals surface area contributed by atoms with E-state index in [2.05, 4.69) is 6.58 Å². The first-order valence-electron chi connectivity index (χ1n) is 7.80. The largest absolute Gasteiger partial charge is 0.491 e. The molecule has 0 spiro atoms. The van der Waals surface area contributed by atoms with Crippen LogP contribution in [0, 0.1) is 0 Å². The summed E-state index contributed by atoms with van der Waals surface area (Å²) in [6.07, 6.45) is -0.354. The summed E-state index contributed by atoms with van der Waals surface area (Å²) in [7, 11) is -0.513. The molecule has 0 unspecified atom stereocenters. The van der Waals surface area contributed by atoms with E-state index in [4.69, 9.17) is 14.0 Å². The Kier molecular flexibility index (Phi) is 5.40. The van der Waals surface area contributed by atoms with E-state index in [0.717, 1.165) is 0 Å². The summed E-state index contributed by atoms with van der Waals surface area (Å²) in [6.45, 7) is 20.3. The second-order valence-corrected chi connectivity index (χ2v) is 7.74. The van der Waals surface area contributed by atoms with Gasteiger partial charge in [-0.15, -0.1) is 6.58 Å². The molecule has 5 nitrogen and oxygen atoms in total. The third kappa shape index (κ3) is 4.49. The van der Waals surface area contributed by atoms with Crippen molar-refractivity contribution < 1.29 is 18.8 Å². The first-order valence-corrected chi connectivity index (χ1v) is 7.80. The van der Waals surface area contributed by atoms with Crippen LogP contribution in [0.15, 0.2) is 12.1 Å². The normalized spacial score (nSPS) is 19.9. The van der Waals surface area contributed by atoms with Crippen LogP contribution in [0.3, 0.4) is 0 Å². The Morgan fingerprint density at radius 2 is 1.64 bits per heavy atom. The van der Waals surface area contributed by atoms with Crippen molar-refractivity contribution in [3.63, 3.8) is 0 Å². The van der Waals surface area contributed by atoms with Crippen LogP contribution in [0.4, 0.5) is 4.79 Å². The minimum atomic E-state index is -0.518. The van der Waals surface area contributed by atoms with Gasteiger partial charge in [0.1, 0.15) is 5.60 Å². The SMILES string of the molecule is C=C(CN(CC)C(=O)OC(C)(C)C)B1OC(C)(C)C(C)(C)O1. The smallest absolute Gasteiger partial charge is 0.444 e. The van der Waals surface area contributed by atoms with Crippen molar-refractivity contribution in [3.8, 4) is 0 Å². The van der Waals surface area contributed by atoms with E-state index < -0.39 is 23.9 Å². The maximum atomic E-state index is 12.2. The van der Waals surface area contributed by atoms with Crippen molar-refractivity contribution in [2.75, 3.05) is 13.1 Å². The predicted octanol–water partition coefficient (Wildman–Crippen LogP) is 3.43. The molecule has 6 heteroatoms. The van der Waals surface area contributed by atoms with Gasteiger partial charge in [0, 0.05) is 13.1 Å². The highest BCUT2D eigenvalue weighted by molar-refractivity contribution is 6.54. The fourth-order valence-corrected chi connectivity index (χ4v) is 1.96. The van der Waals surface area contributed by atoms with E-state index in [1.165, 1.54) is 0 Å². The van der Waals surface area contributed by atoms with Crippen molar-refractivity contribution in [1.82, 2.24) is 4.90 Å². The second kappa shape index (κ2) is 6.24. The van der Waals surface area contributed by atoms with Gasteiger partial charge in [0.15, 0.2) is 0 Å². The van der Waals surface area contributed by atoms with Crippen LogP contribution in [-0.4, -0.2) is 48.0 Å². The average molecular weight is 311 g/mol. The van der Waals surface area contributed by atoms with Crippen LogP contribution in [0.1, 0.15) is 55.4 Å². The number of hydrogen-bond donors (Lipinski definition) is 0. The Bertz CT molecular complexity index is 424. The molecule has 1 rings (SSSR count). The van der Waals surface area contributed by atoms with Gasteiger partial charge in [-0.05, 0) is 60.9 Å². The molecule has 0 atom stereocenters. The maximum Gasteiger partial charge on any atom is 0.491 e. The van der Waals surface area contributed by atoms with Gasteiger partial charge in [-0.3, -0.25) is 0 Å². The summed E-state index contributed by atoms with van der Waals surface area (Å²) in [4.78, 5) is 13.8. The molecule has 1 fully saturated rings. The monoisotopic (exact) mass is 311 g/mol. The highest BCUT2D eigenvalue weighted by Crippen LogP contribution is 2.38. The molecule has 0 N–H and O–H groups in total. The summed E-state index contributed by atoms with van der Waals surface area (Å²) in [5.74, 6) is 0. The minimum absolute atomic E-state index is 0.349. The van der Waals surface area contributed by atoms with Gasteiger partial charge < -0.3 is 18.9 Å². The number of rotatable bonds is 4. The lowest BCUT2D eigenvalue weighted by Crippen LogP contribution is -2.41. The van der Waals surface area contributed by atoms with Crippen molar-refractivity contribution in [3.05, 3.63) is 12.1 Å². The predicted molar refractivity (Wildman–Crippen MR) is 88.7 cm³/mol. The molecule has 1 amide bonds. The molecular formula is C16H30BNO4. The number of ether oxygens (including phenoxy) is 1. The first-order chi connectivity index (χ1) is 9.79. The van der Waals surface area contributed by atoms with Crippen LogP contribution in [-0.2, 0) is 14.0 Å². The molecule has 0 aromatic carbocycles. The Morgan fingerprint density at radius 1 is 1.18 bits per heavy atom. The quantitative estimate of drug-likeness (QED) is 0.746. The van der Waals surface area contributed by atoms with Gasteiger partial charge in [0.25, 0.3) is 0 Å². The molecule has 22 heavy (non-hydrogen) atoms. The molecular weight excluding hydrogens is 281 g/mol. The standard InChI is InChI=1S/C16H30BNO4/c1-10-18(13(19)20-14(3,4)5)11-12(2)17-21-15(6,7)16(8,9)22-17/h2,10-11H2,1,3-9H3. The van der Waals surface area contributed by atoms with Gasteiger partial charge in [0.2, 0.25) is 0 Å². The zero-order valence-electron chi connectivity index (χ0n) is 15.3. The van der Waals surface area contributed by atoms with E-state index >= 15 is 0 Å². The lowest BCUT2D eigenvalue weighted by Gasteiger charge is -2.32. The fraction of sp³-hybridized carbons (Fsp3) is 0.812.